The molecule has 1 amide bonds. The highest BCUT2D eigenvalue weighted by molar-refractivity contribution is 5.94. The molecule has 1 atom stereocenters. The second-order valence-electron chi connectivity index (χ2n) is 6.22. The number of rotatable bonds is 9. The van der Waals surface area contributed by atoms with Gasteiger partial charge >= 0.3 is 5.97 Å². The van der Waals surface area contributed by atoms with Gasteiger partial charge < -0.3 is 19.5 Å². The van der Waals surface area contributed by atoms with Crippen molar-refractivity contribution in [3.05, 3.63) is 60.4 Å². The van der Waals surface area contributed by atoms with E-state index in [2.05, 4.69) is 20.8 Å². The van der Waals surface area contributed by atoms with E-state index in [4.69, 9.17) is 14.2 Å². The van der Waals surface area contributed by atoms with Crippen molar-refractivity contribution in [1.82, 2.24) is 20.2 Å². The van der Waals surface area contributed by atoms with Crippen LogP contribution in [0, 0.1) is 0 Å². The second kappa shape index (κ2) is 10.0. The van der Waals surface area contributed by atoms with E-state index in [0.717, 1.165) is 5.56 Å². The summed E-state index contributed by atoms with van der Waals surface area (Å²) in [7, 11) is 3.01. The number of hydrogen-bond donors (Lipinski definition) is 1. The Bertz CT molecular complexity index is 979. The predicted octanol–water partition coefficient (Wildman–Crippen LogP) is 1.66. The summed E-state index contributed by atoms with van der Waals surface area (Å²) >= 11 is 0. The number of hydrogen-bond acceptors (Lipinski definition) is 8. The molecule has 1 N–H and O–H groups in total. The Morgan fingerprint density at radius 3 is 2.57 bits per heavy atom. The highest BCUT2D eigenvalue weighted by Gasteiger charge is 2.25. The number of tetrazole rings is 1. The van der Waals surface area contributed by atoms with Crippen molar-refractivity contribution in [3.63, 3.8) is 0 Å². The van der Waals surface area contributed by atoms with Crippen LogP contribution in [0.2, 0.25) is 0 Å². The van der Waals surface area contributed by atoms with Gasteiger partial charge in [0.25, 0.3) is 5.91 Å². The van der Waals surface area contributed by atoms with Crippen LogP contribution in [0.4, 0.5) is 5.69 Å². The van der Waals surface area contributed by atoms with Crippen molar-refractivity contribution in [3.8, 4) is 11.5 Å². The van der Waals surface area contributed by atoms with Crippen molar-refractivity contribution in [2.24, 2.45) is 0 Å². The third kappa shape index (κ3) is 5.31. The fourth-order valence-corrected chi connectivity index (χ4v) is 2.75. The van der Waals surface area contributed by atoms with E-state index in [-0.39, 0.29) is 0 Å². The maximum absolute atomic E-state index is 12.6. The van der Waals surface area contributed by atoms with Gasteiger partial charge in [-0.15, -0.1) is 5.10 Å². The molecule has 0 radical (unpaired) electrons. The zero-order valence-electron chi connectivity index (χ0n) is 16.5. The molecule has 0 aliphatic carbocycles. The van der Waals surface area contributed by atoms with Crippen LogP contribution in [0.25, 0.3) is 0 Å². The summed E-state index contributed by atoms with van der Waals surface area (Å²) in [5.74, 6) is -0.129. The monoisotopic (exact) mass is 411 g/mol. The lowest BCUT2D eigenvalue weighted by Crippen LogP contribution is -2.28. The van der Waals surface area contributed by atoms with Crippen molar-refractivity contribution < 1.29 is 23.8 Å². The minimum atomic E-state index is -0.800. The number of nitrogens with one attached hydrogen (secondary N) is 1. The average molecular weight is 411 g/mol. The first-order valence-corrected chi connectivity index (χ1v) is 9.05. The maximum atomic E-state index is 12.6. The van der Waals surface area contributed by atoms with E-state index >= 15 is 0 Å². The molecule has 3 rings (SSSR count). The summed E-state index contributed by atoms with van der Waals surface area (Å²) in [6.45, 7) is -0.471. The van der Waals surface area contributed by atoms with Gasteiger partial charge in [0.05, 0.1) is 19.9 Å². The molecule has 1 aromatic heterocycles. The Balaban J connectivity index is 1.63. The number of nitrogens with zero attached hydrogens (tertiary/aromatic N) is 4. The number of aromatic nitrogens is 4. The highest BCUT2D eigenvalue weighted by atomic mass is 16.5. The van der Waals surface area contributed by atoms with E-state index < -0.39 is 24.5 Å². The third-order valence-corrected chi connectivity index (χ3v) is 4.26. The van der Waals surface area contributed by atoms with Crippen LogP contribution in [0.5, 0.6) is 11.5 Å². The SMILES string of the molecule is COc1ccc(NC(=O)COC(=O)[C@H](Cc2ccccc2)n2cnnn2)c(OC)c1. The van der Waals surface area contributed by atoms with Gasteiger partial charge in [-0.3, -0.25) is 4.79 Å². The number of anilines is 1. The van der Waals surface area contributed by atoms with E-state index in [9.17, 15) is 9.59 Å². The summed E-state index contributed by atoms with van der Waals surface area (Å²) in [4.78, 5) is 24.9. The molecule has 0 bridgehead atoms. The lowest BCUT2D eigenvalue weighted by molar-refractivity contribution is -0.151. The summed E-state index contributed by atoms with van der Waals surface area (Å²) in [6.07, 6.45) is 1.65. The number of amides is 1. The topological polar surface area (TPSA) is 117 Å². The molecule has 10 heteroatoms. The molecule has 1 heterocycles. The number of benzene rings is 2. The highest BCUT2D eigenvalue weighted by Crippen LogP contribution is 2.29. The summed E-state index contributed by atoms with van der Waals surface area (Å²) in [5, 5.41) is 13.6. The number of carbonyl (C=O) groups excluding carboxylic acids is 2. The molecule has 0 unspecified atom stereocenters. The molecule has 2 aromatic carbocycles. The molecular weight excluding hydrogens is 390 g/mol. The molecule has 30 heavy (non-hydrogen) atoms. The van der Waals surface area contributed by atoms with Crippen LogP contribution in [0.3, 0.4) is 0 Å². The number of esters is 1. The van der Waals surface area contributed by atoms with Gasteiger partial charge in [-0.2, -0.15) is 0 Å². The van der Waals surface area contributed by atoms with E-state index in [1.165, 1.54) is 25.2 Å². The maximum Gasteiger partial charge on any atom is 0.331 e. The first-order valence-electron chi connectivity index (χ1n) is 9.05. The standard InChI is InChI=1S/C20H21N5O5/c1-28-15-8-9-16(18(11-15)29-2)22-19(26)12-30-20(27)17(25-13-21-23-24-25)10-14-6-4-3-5-7-14/h3-9,11,13,17H,10,12H2,1-2H3,(H,22,26)/t17-/m0/s1. The quantitative estimate of drug-likeness (QED) is 0.528. The van der Waals surface area contributed by atoms with E-state index in [1.807, 2.05) is 30.3 Å². The van der Waals surface area contributed by atoms with E-state index in [0.29, 0.717) is 23.6 Å². The Morgan fingerprint density at radius 2 is 1.90 bits per heavy atom. The van der Waals surface area contributed by atoms with Crippen LogP contribution >= 0.6 is 0 Å². The first kappa shape index (κ1) is 20.8. The third-order valence-electron chi connectivity index (χ3n) is 4.26. The number of carbonyl (C=O) groups is 2. The normalized spacial score (nSPS) is 11.4. The minimum absolute atomic E-state index is 0.318. The van der Waals surface area contributed by atoms with Gasteiger partial charge in [-0.1, -0.05) is 30.3 Å². The molecule has 0 saturated heterocycles. The summed E-state index contributed by atoms with van der Waals surface area (Å²) in [5.41, 5.74) is 1.34. The fourth-order valence-electron chi connectivity index (χ4n) is 2.75. The van der Waals surface area contributed by atoms with Crippen LogP contribution in [0.1, 0.15) is 11.6 Å². The fraction of sp³-hybridized carbons (Fsp3) is 0.250. The van der Waals surface area contributed by atoms with Crippen molar-refractivity contribution >= 4 is 17.6 Å². The smallest absolute Gasteiger partial charge is 0.331 e. The molecule has 0 aliphatic rings. The average Bonchev–Trinajstić information content (AvgIpc) is 3.31. The van der Waals surface area contributed by atoms with Crippen molar-refractivity contribution in [2.45, 2.75) is 12.5 Å². The minimum Gasteiger partial charge on any atom is -0.497 e. The molecular formula is C20H21N5O5. The lowest BCUT2D eigenvalue weighted by Gasteiger charge is -2.16. The Morgan fingerprint density at radius 1 is 1.10 bits per heavy atom. The Labute approximate surface area is 172 Å². The van der Waals surface area contributed by atoms with Gasteiger partial charge in [0.1, 0.15) is 17.8 Å². The largest absolute Gasteiger partial charge is 0.497 e. The molecule has 156 valence electrons. The van der Waals surface area contributed by atoms with Crippen LogP contribution in [-0.2, 0) is 20.7 Å². The van der Waals surface area contributed by atoms with Crippen LogP contribution in [0.15, 0.2) is 54.9 Å². The molecule has 0 saturated carbocycles. The van der Waals surface area contributed by atoms with Gasteiger partial charge in [0, 0.05) is 12.5 Å². The zero-order valence-corrected chi connectivity index (χ0v) is 16.5. The first-order chi connectivity index (χ1) is 14.6. The van der Waals surface area contributed by atoms with Crippen molar-refractivity contribution in [2.75, 3.05) is 26.1 Å². The number of methoxy groups -OCH3 is 2. The molecule has 0 aliphatic heterocycles. The lowest BCUT2D eigenvalue weighted by atomic mass is 10.1. The molecule has 0 spiro atoms. The van der Waals surface area contributed by atoms with Gasteiger partial charge in [-0.25, -0.2) is 9.48 Å². The van der Waals surface area contributed by atoms with E-state index in [1.54, 1.807) is 18.2 Å². The van der Waals surface area contributed by atoms with Crippen molar-refractivity contribution in [1.29, 1.82) is 0 Å². The van der Waals surface area contributed by atoms with Crippen LogP contribution in [-0.4, -0.2) is 52.9 Å². The van der Waals surface area contributed by atoms with Crippen LogP contribution < -0.4 is 14.8 Å². The van der Waals surface area contributed by atoms with Gasteiger partial charge in [0.15, 0.2) is 12.6 Å². The number of ether oxygens (including phenoxy) is 3. The summed E-state index contributed by atoms with van der Waals surface area (Å²) in [6, 6.07) is 13.5. The molecule has 3 aromatic rings. The predicted molar refractivity (Wildman–Crippen MR) is 106 cm³/mol. The van der Waals surface area contributed by atoms with Gasteiger partial charge in [-0.05, 0) is 28.1 Å². The Kier molecular flexibility index (Phi) is 6.93. The Hall–Kier alpha value is -3.95. The second-order valence-corrected chi connectivity index (χ2v) is 6.22. The molecule has 0 fully saturated rings. The zero-order chi connectivity index (χ0) is 21.3. The van der Waals surface area contributed by atoms with Gasteiger partial charge in [0.2, 0.25) is 0 Å². The molecule has 10 nitrogen and oxygen atoms in total. The summed E-state index contributed by atoms with van der Waals surface area (Å²) < 4.78 is 16.9.